The van der Waals surface area contributed by atoms with E-state index >= 15 is 0 Å². The smallest absolute Gasteiger partial charge is 0.419 e. The zero-order valence-electron chi connectivity index (χ0n) is 30.9. The summed E-state index contributed by atoms with van der Waals surface area (Å²) < 4.78 is 22.1. The number of likely N-dealkylation sites (tertiary alicyclic amines) is 1. The van der Waals surface area contributed by atoms with Crippen LogP contribution in [0.1, 0.15) is 31.9 Å². The SMILES string of the molecule is CC(=O)Oc1ccc2c(c1)Oc1cc(OC(C)=O)ccc1N2C(=O)OCc1ccc(SC/C(CS)=C(\C(=O)O)N2C(=O)[C@@H](NC(=O)Cc3ccccc3)[C@H]2C)cc1. The minimum atomic E-state index is -1.27. The van der Waals surface area contributed by atoms with Crippen molar-refractivity contribution in [2.45, 2.75) is 50.8 Å². The molecule has 0 unspecified atom stereocenters. The maximum absolute atomic E-state index is 13.7. The van der Waals surface area contributed by atoms with Crippen molar-refractivity contribution in [1.29, 1.82) is 0 Å². The van der Waals surface area contributed by atoms with Gasteiger partial charge in [0.05, 0.1) is 23.8 Å². The van der Waals surface area contributed by atoms with Crippen molar-refractivity contribution < 1.29 is 52.8 Å². The van der Waals surface area contributed by atoms with Crippen molar-refractivity contribution in [3.05, 3.63) is 113 Å². The quantitative estimate of drug-likeness (QED) is 0.0337. The number of carboxylic acid groups (broad SMARTS) is 1. The third-order valence-corrected chi connectivity index (χ3v) is 10.3. The van der Waals surface area contributed by atoms with Crippen LogP contribution in [0.25, 0.3) is 0 Å². The fraction of sp³-hybridized carbons (Fsp3) is 0.220. The van der Waals surface area contributed by atoms with Crippen molar-refractivity contribution >= 4 is 71.6 Å². The number of aliphatic carboxylic acids is 1. The maximum Gasteiger partial charge on any atom is 0.419 e. The number of nitrogens with one attached hydrogen (secondary N) is 1. The molecule has 1 fully saturated rings. The Morgan fingerprint density at radius 1 is 0.842 bits per heavy atom. The first-order valence-corrected chi connectivity index (χ1v) is 19.2. The summed E-state index contributed by atoms with van der Waals surface area (Å²) in [6.07, 6.45) is -0.644. The number of hydrogen-bond donors (Lipinski definition) is 3. The summed E-state index contributed by atoms with van der Waals surface area (Å²) in [5, 5.41) is 12.9. The summed E-state index contributed by atoms with van der Waals surface area (Å²) in [6, 6.07) is 23.8. The van der Waals surface area contributed by atoms with E-state index < -0.39 is 42.0 Å². The zero-order chi connectivity index (χ0) is 40.8. The number of amides is 3. The van der Waals surface area contributed by atoms with Gasteiger partial charge >= 0.3 is 24.0 Å². The fourth-order valence-electron chi connectivity index (χ4n) is 6.23. The highest BCUT2D eigenvalue weighted by atomic mass is 32.2. The molecule has 2 aliphatic rings. The summed E-state index contributed by atoms with van der Waals surface area (Å²) in [4.78, 5) is 78.3. The van der Waals surface area contributed by atoms with Gasteiger partial charge in [0.2, 0.25) is 5.91 Å². The van der Waals surface area contributed by atoms with Gasteiger partial charge in [-0.05, 0) is 60.0 Å². The fourth-order valence-corrected chi connectivity index (χ4v) is 7.55. The minimum Gasteiger partial charge on any atom is -0.477 e. The van der Waals surface area contributed by atoms with Gasteiger partial charge < -0.3 is 29.4 Å². The van der Waals surface area contributed by atoms with E-state index in [1.807, 2.05) is 30.3 Å². The van der Waals surface area contributed by atoms with Crippen LogP contribution in [-0.4, -0.2) is 69.4 Å². The Balaban J connectivity index is 1.10. The van der Waals surface area contributed by atoms with Crippen molar-refractivity contribution in [2.75, 3.05) is 16.4 Å². The van der Waals surface area contributed by atoms with Crippen LogP contribution in [0.5, 0.6) is 23.0 Å². The molecule has 0 radical (unpaired) electrons. The van der Waals surface area contributed by atoms with Crippen molar-refractivity contribution in [3.8, 4) is 23.0 Å². The van der Waals surface area contributed by atoms with E-state index in [1.165, 1.54) is 59.7 Å². The number of benzene rings is 4. The highest BCUT2D eigenvalue weighted by molar-refractivity contribution is 7.99. The Kier molecular flexibility index (Phi) is 12.5. The average Bonchev–Trinajstić information content (AvgIpc) is 3.18. The van der Waals surface area contributed by atoms with Gasteiger partial charge in [-0.3, -0.25) is 24.1 Å². The Bertz CT molecular complexity index is 2200. The second-order valence-corrected chi connectivity index (χ2v) is 14.3. The number of carboxylic acids is 1. The molecule has 0 aromatic heterocycles. The van der Waals surface area contributed by atoms with E-state index in [0.717, 1.165) is 10.5 Å². The molecule has 2 heterocycles. The normalized spacial score (nSPS) is 15.8. The molecular weight excluding hydrogens is 775 g/mol. The predicted octanol–water partition coefficient (Wildman–Crippen LogP) is 6.44. The molecule has 4 aromatic rings. The average molecular weight is 812 g/mol. The Hall–Kier alpha value is -6.26. The highest BCUT2D eigenvalue weighted by Gasteiger charge is 2.49. The number of esters is 2. The number of anilines is 2. The van der Waals surface area contributed by atoms with E-state index in [4.69, 9.17) is 18.9 Å². The largest absolute Gasteiger partial charge is 0.477 e. The first kappa shape index (κ1) is 40.4. The molecule has 3 amide bonds. The van der Waals surface area contributed by atoms with Crippen LogP contribution in [0.4, 0.5) is 16.2 Å². The number of ether oxygens (including phenoxy) is 4. The van der Waals surface area contributed by atoms with Crippen LogP contribution >= 0.6 is 24.4 Å². The standard InChI is InChI=1S/C41H37N3O11S2/c1-23-37(42-36(47)17-26-7-5-4-6-8-26)39(48)43(23)38(40(49)50)28(21-56)22-57-31-13-9-27(10-14-31)20-52-41(51)44-32-15-11-29(53-24(2)45)18-34(32)55-35-19-30(54-25(3)46)12-16-33(35)44/h4-16,18-19,23,37,56H,17,20-22H2,1-3H3,(H,42,47)(H,49,50)/b38-28+/t23-,37+/m1/s1. The predicted molar refractivity (Wildman–Crippen MR) is 212 cm³/mol. The number of nitrogens with zero attached hydrogens (tertiary/aromatic N) is 2. The molecule has 1 saturated heterocycles. The first-order chi connectivity index (χ1) is 27.3. The third kappa shape index (κ3) is 9.41. The number of carbonyl (C=O) groups excluding carboxylic acids is 5. The third-order valence-electron chi connectivity index (χ3n) is 8.86. The molecular formula is C41H37N3O11S2. The van der Waals surface area contributed by atoms with Crippen molar-refractivity contribution in [1.82, 2.24) is 10.2 Å². The molecule has 2 aliphatic heterocycles. The number of thioether (sulfide) groups is 1. The minimum absolute atomic E-state index is 0.0775. The molecule has 4 aromatic carbocycles. The van der Waals surface area contributed by atoms with Crippen LogP contribution < -0.4 is 24.4 Å². The molecule has 0 aliphatic carbocycles. The summed E-state index contributed by atoms with van der Waals surface area (Å²) in [5.41, 5.74) is 2.36. The number of thiol groups is 1. The zero-order valence-corrected chi connectivity index (χ0v) is 32.6. The highest BCUT2D eigenvalue weighted by Crippen LogP contribution is 2.49. The Labute approximate surface area is 337 Å². The number of rotatable bonds is 13. The summed E-state index contributed by atoms with van der Waals surface area (Å²) in [7, 11) is 0. The number of carbonyl (C=O) groups is 6. The molecule has 0 saturated carbocycles. The van der Waals surface area contributed by atoms with E-state index in [9.17, 15) is 33.9 Å². The van der Waals surface area contributed by atoms with Crippen molar-refractivity contribution in [3.63, 3.8) is 0 Å². The molecule has 294 valence electrons. The molecule has 2 N–H and O–H groups in total. The number of fused-ring (bicyclic) bond motifs is 2. The molecule has 14 nitrogen and oxygen atoms in total. The maximum atomic E-state index is 13.7. The van der Waals surface area contributed by atoms with E-state index in [2.05, 4.69) is 17.9 Å². The molecule has 16 heteroatoms. The lowest BCUT2D eigenvalue weighted by atomic mass is 9.94. The first-order valence-electron chi connectivity index (χ1n) is 17.6. The number of hydrogen-bond acceptors (Lipinski definition) is 12. The summed E-state index contributed by atoms with van der Waals surface area (Å²) in [6.45, 7) is 4.09. The van der Waals surface area contributed by atoms with Gasteiger partial charge in [-0.25, -0.2) is 14.5 Å². The number of β-lactam (4-membered cyclic amide) rings is 1. The van der Waals surface area contributed by atoms with Gasteiger partial charge in [0.1, 0.15) is 29.8 Å². The molecule has 6 rings (SSSR count). The molecule has 2 atom stereocenters. The van der Waals surface area contributed by atoms with Gasteiger partial charge in [0, 0.05) is 42.4 Å². The van der Waals surface area contributed by atoms with Gasteiger partial charge in [0.15, 0.2) is 11.5 Å². The Morgan fingerprint density at radius 3 is 1.96 bits per heavy atom. The summed E-state index contributed by atoms with van der Waals surface area (Å²) in [5.74, 6) is -2.12. The van der Waals surface area contributed by atoms with Crippen LogP contribution in [-0.2, 0) is 41.7 Å². The van der Waals surface area contributed by atoms with Gasteiger partial charge in [-0.2, -0.15) is 12.6 Å². The lowest BCUT2D eigenvalue weighted by molar-refractivity contribution is -0.153. The molecule has 0 bridgehead atoms. The van der Waals surface area contributed by atoms with Gasteiger partial charge in [-0.1, -0.05) is 42.5 Å². The topological polar surface area (TPSA) is 178 Å². The van der Waals surface area contributed by atoms with Crippen LogP contribution in [0.3, 0.4) is 0 Å². The second kappa shape index (κ2) is 17.7. The second-order valence-electron chi connectivity index (χ2n) is 12.9. The Morgan fingerprint density at radius 2 is 1.44 bits per heavy atom. The molecule has 57 heavy (non-hydrogen) atoms. The lowest BCUT2D eigenvalue weighted by Gasteiger charge is -2.46. The van der Waals surface area contributed by atoms with Crippen LogP contribution in [0.2, 0.25) is 0 Å². The molecule has 0 spiro atoms. The van der Waals surface area contributed by atoms with Crippen LogP contribution in [0, 0.1) is 0 Å². The van der Waals surface area contributed by atoms with E-state index in [0.29, 0.717) is 22.5 Å². The van der Waals surface area contributed by atoms with Crippen molar-refractivity contribution in [2.24, 2.45) is 0 Å². The van der Waals surface area contributed by atoms with Gasteiger partial charge in [-0.15, -0.1) is 11.8 Å². The van der Waals surface area contributed by atoms with E-state index in [-0.39, 0.29) is 59.1 Å². The monoisotopic (exact) mass is 811 g/mol. The summed E-state index contributed by atoms with van der Waals surface area (Å²) >= 11 is 5.73. The van der Waals surface area contributed by atoms with Gasteiger partial charge in [0.25, 0.3) is 5.91 Å². The van der Waals surface area contributed by atoms with E-state index in [1.54, 1.807) is 43.3 Å². The van der Waals surface area contributed by atoms with Crippen LogP contribution in [0.15, 0.2) is 107 Å². The lowest BCUT2D eigenvalue weighted by Crippen LogP contribution is -2.69.